The minimum Gasteiger partial charge on any atom is -0.495 e. The molecule has 2 aliphatic rings. The van der Waals surface area contributed by atoms with Crippen molar-refractivity contribution < 1.29 is 9.53 Å². The fraction of sp³-hybridized carbons (Fsp3) is 0.480. The third-order valence-corrected chi connectivity index (χ3v) is 6.34. The number of nitrogens with zero attached hydrogens (tertiary/aromatic N) is 3. The zero-order valence-electron chi connectivity index (χ0n) is 18.2. The van der Waals surface area contributed by atoms with Gasteiger partial charge in [-0.15, -0.1) is 0 Å². The third kappa shape index (κ3) is 4.78. The lowest BCUT2D eigenvalue weighted by atomic mass is 9.99. The number of piperazine rings is 1. The van der Waals surface area contributed by atoms with Crippen molar-refractivity contribution in [3.05, 3.63) is 59.7 Å². The average Bonchev–Trinajstić information content (AvgIpc) is 2.79. The first-order valence-corrected chi connectivity index (χ1v) is 11.1. The van der Waals surface area contributed by atoms with Crippen molar-refractivity contribution in [1.29, 1.82) is 0 Å². The molecule has 30 heavy (non-hydrogen) atoms. The number of amides is 1. The number of methoxy groups -OCH3 is 1. The smallest absolute Gasteiger partial charge is 0.253 e. The quantitative estimate of drug-likeness (QED) is 0.753. The van der Waals surface area contributed by atoms with Gasteiger partial charge in [0.25, 0.3) is 5.91 Å². The van der Waals surface area contributed by atoms with Crippen LogP contribution < -0.4 is 9.64 Å². The highest BCUT2D eigenvalue weighted by molar-refractivity contribution is 5.94. The van der Waals surface area contributed by atoms with Crippen molar-refractivity contribution in [2.45, 2.75) is 26.3 Å². The lowest BCUT2D eigenvalue weighted by molar-refractivity contribution is 0.0746. The maximum Gasteiger partial charge on any atom is 0.253 e. The Bertz CT molecular complexity index is 844. The van der Waals surface area contributed by atoms with Crippen LogP contribution in [-0.4, -0.2) is 62.1 Å². The van der Waals surface area contributed by atoms with Gasteiger partial charge in [0.15, 0.2) is 0 Å². The molecule has 0 saturated carbocycles. The minimum atomic E-state index is 0.132. The molecule has 2 fully saturated rings. The molecule has 0 aromatic heterocycles. The van der Waals surface area contributed by atoms with E-state index in [1.54, 1.807) is 7.11 Å². The van der Waals surface area contributed by atoms with E-state index in [2.05, 4.69) is 34.9 Å². The van der Waals surface area contributed by atoms with Crippen molar-refractivity contribution in [3.63, 3.8) is 0 Å². The molecule has 2 saturated heterocycles. The number of hydrogen-bond acceptors (Lipinski definition) is 4. The molecule has 0 radical (unpaired) electrons. The molecule has 1 amide bonds. The summed E-state index contributed by atoms with van der Waals surface area (Å²) >= 11 is 0. The standard InChI is InChI=1S/C25H33N3O2/c1-20-6-5-13-26(18-20)19-21-9-11-22(12-10-21)25(29)28-16-14-27(15-17-28)23-7-3-4-8-24(23)30-2/h3-4,7-12,20H,5-6,13-19H2,1-2H3/t20-/m0/s1. The second kappa shape index (κ2) is 9.52. The zero-order valence-corrected chi connectivity index (χ0v) is 18.2. The predicted molar refractivity (Wildman–Crippen MR) is 121 cm³/mol. The number of hydrogen-bond donors (Lipinski definition) is 0. The van der Waals surface area contributed by atoms with Gasteiger partial charge in [-0.2, -0.15) is 0 Å². The summed E-state index contributed by atoms with van der Waals surface area (Å²) in [5.74, 6) is 1.80. The van der Waals surface area contributed by atoms with E-state index in [4.69, 9.17) is 4.74 Å². The van der Waals surface area contributed by atoms with E-state index in [-0.39, 0.29) is 5.91 Å². The van der Waals surface area contributed by atoms with Crippen molar-refractivity contribution >= 4 is 11.6 Å². The van der Waals surface area contributed by atoms with Gasteiger partial charge in [-0.25, -0.2) is 0 Å². The number of rotatable bonds is 5. The Hall–Kier alpha value is -2.53. The number of benzene rings is 2. The van der Waals surface area contributed by atoms with Crippen LogP contribution in [0.1, 0.15) is 35.7 Å². The van der Waals surface area contributed by atoms with Crippen LogP contribution in [-0.2, 0) is 6.54 Å². The molecule has 1 atom stereocenters. The van der Waals surface area contributed by atoms with E-state index < -0.39 is 0 Å². The van der Waals surface area contributed by atoms with Crippen LogP contribution >= 0.6 is 0 Å². The number of ether oxygens (including phenoxy) is 1. The monoisotopic (exact) mass is 407 g/mol. The predicted octanol–water partition coefficient (Wildman–Crippen LogP) is 3.89. The minimum absolute atomic E-state index is 0.132. The average molecular weight is 408 g/mol. The lowest BCUT2D eigenvalue weighted by Gasteiger charge is -2.36. The molecule has 0 N–H and O–H groups in total. The van der Waals surface area contributed by atoms with Gasteiger partial charge in [0.1, 0.15) is 5.75 Å². The van der Waals surface area contributed by atoms with Gasteiger partial charge in [0.2, 0.25) is 0 Å². The van der Waals surface area contributed by atoms with Gasteiger partial charge in [-0.05, 0) is 55.1 Å². The zero-order chi connectivity index (χ0) is 20.9. The molecule has 5 heteroatoms. The van der Waals surface area contributed by atoms with E-state index >= 15 is 0 Å². The van der Waals surface area contributed by atoms with Crippen LogP contribution in [0.2, 0.25) is 0 Å². The van der Waals surface area contributed by atoms with Crippen molar-refractivity contribution in [2.24, 2.45) is 5.92 Å². The van der Waals surface area contributed by atoms with Gasteiger partial charge in [0, 0.05) is 44.8 Å². The second-order valence-electron chi connectivity index (χ2n) is 8.63. The normalized spacial score (nSPS) is 20.3. The number of carbonyl (C=O) groups is 1. The number of carbonyl (C=O) groups excluding carboxylic acids is 1. The molecule has 2 aromatic carbocycles. The van der Waals surface area contributed by atoms with Gasteiger partial charge < -0.3 is 14.5 Å². The fourth-order valence-electron chi connectivity index (χ4n) is 4.67. The summed E-state index contributed by atoms with van der Waals surface area (Å²) in [5, 5.41) is 0. The Morgan fingerprint density at radius 1 is 1.00 bits per heavy atom. The number of anilines is 1. The Morgan fingerprint density at radius 3 is 2.43 bits per heavy atom. The molecular formula is C25H33N3O2. The van der Waals surface area contributed by atoms with Crippen molar-refractivity contribution in [2.75, 3.05) is 51.3 Å². The lowest BCUT2D eigenvalue weighted by Crippen LogP contribution is -2.48. The third-order valence-electron chi connectivity index (χ3n) is 6.34. The molecule has 0 bridgehead atoms. The van der Waals surface area contributed by atoms with Crippen molar-refractivity contribution in [3.8, 4) is 5.75 Å². The Kier molecular flexibility index (Phi) is 6.58. The van der Waals surface area contributed by atoms with E-state index in [0.29, 0.717) is 0 Å². The van der Waals surface area contributed by atoms with Crippen LogP contribution in [0.15, 0.2) is 48.5 Å². The van der Waals surface area contributed by atoms with Gasteiger partial charge in [-0.1, -0.05) is 31.2 Å². The SMILES string of the molecule is COc1ccccc1N1CCN(C(=O)c2ccc(CN3CCC[C@H](C)C3)cc2)CC1. The molecule has 0 spiro atoms. The highest BCUT2D eigenvalue weighted by atomic mass is 16.5. The summed E-state index contributed by atoms with van der Waals surface area (Å²) < 4.78 is 5.49. The summed E-state index contributed by atoms with van der Waals surface area (Å²) in [6.07, 6.45) is 2.63. The molecule has 2 aliphatic heterocycles. The Balaban J connectivity index is 1.33. The largest absolute Gasteiger partial charge is 0.495 e. The summed E-state index contributed by atoms with van der Waals surface area (Å²) in [6.45, 7) is 8.76. The molecule has 2 aromatic rings. The highest BCUT2D eigenvalue weighted by Gasteiger charge is 2.24. The molecule has 160 valence electrons. The van der Waals surface area contributed by atoms with Gasteiger partial charge in [0.05, 0.1) is 12.8 Å². The number of likely N-dealkylation sites (tertiary alicyclic amines) is 1. The first-order valence-electron chi connectivity index (χ1n) is 11.1. The van der Waals surface area contributed by atoms with E-state index in [0.717, 1.165) is 55.6 Å². The molecule has 4 rings (SSSR count). The fourth-order valence-corrected chi connectivity index (χ4v) is 4.67. The summed E-state index contributed by atoms with van der Waals surface area (Å²) in [4.78, 5) is 19.8. The van der Waals surface area contributed by atoms with Gasteiger partial charge in [-0.3, -0.25) is 9.69 Å². The van der Waals surface area contributed by atoms with E-state index in [1.165, 1.54) is 31.5 Å². The van der Waals surface area contributed by atoms with Crippen LogP contribution in [0, 0.1) is 5.92 Å². The maximum atomic E-state index is 13.0. The van der Waals surface area contributed by atoms with Crippen LogP contribution in [0.5, 0.6) is 5.75 Å². The van der Waals surface area contributed by atoms with E-state index in [1.807, 2.05) is 35.2 Å². The molecule has 0 aliphatic carbocycles. The molecular weight excluding hydrogens is 374 g/mol. The van der Waals surface area contributed by atoms with Crippen molar-refractivity contribution in [1.82, 2.24) is 9.80 Å². The summed E-state index contributed by atoms with van der Waals surface area (Å²) in [7, 11) is 1.70. The maximum absolute atomic E-state index is 13.0. The summed E-state index contributed by atoms with van der Waals surface area (Å²) in [6, 6.07) is 16.3. The number of para-hydroxylation sites is 2. The topological polar surface area (TPSA) is 36.0 Å². The molecule has 5 nitrogen and oxygen atoms in total. The second-order valence-corrected chi connectivity index (χ2v) is 8.63. The van der Waals surface area contributed by atoms with Gasteiger partial charge >= 0.3 is 0 Å². The van der Waals surface area contributed by atoms with Crippen LogP contribution in [0.4, 0.5) is 5.69 Å². The molecule has 0 unspecified atom stereocenters. The Labute approximate surface area is 180 Å². The van der Waals surface area contributed by atoms with Crippen LogP contribution in [0.25, 0.3) is 0 Å². The summed E-state index contributed by atoms with van der Waals surface area (Å²) in [5.41, 5.74) is 3.18. The highest BCUT2D eigenvalue weighted by Crippen LogP contribution is 2.28. The van der Waals surface area contributed by atoms with Crippen LogP contribution in [0.3, 0.4) is 0 Å². The number of piperidine rings is 1. The van der Waals surface area contributed by atoms with E-state index in [9.17, 15) is 4.79 Å². The first kappa shape index (κ1) is 20.7. The first-order chi connectivity index (χ1) is 14.6. The molecule has 2 heterocycles. The Morgan fingerprint density at radius 2 is 1.73 bits per heavy atom.